The maximum absolute atomic E-state index is 13.1. The van der Waals surface area contributed by atoms with E-state index in [9.17, 15) is 19.8 Å². The van der Waals surface area contributed by atoms with Crippen molar-refractivity contribution in [3.8, 4) is 11.5 Å². The number of nitrogens with zero attached hydrogens (tertiary/aromatic N) is 1. The van der Waals surface area contributed by atoms with Gasteiger partial charge in [-0.2, -0.15) is 0 Å². The molecule has 8 nitrogen and oxygen atoms in total. The van der Waals surface area contributed by atoms with Gasteiger partial charge in [-0.25, -0.2) is 0 Å². The van der Waals surface area contributed by atoms with E-state index < -0.39 is 17.6 Å². The van der Waals surface area contributed by atoms with E-state index in [4.69, 9.17) is 9.47 Å². The second-order valence-corrected chi connectivity index (χ2v) is 9.47. The van der Waals surface area contributed by atoms with E-state index in [0.29, 0.717) is 62.6 Å². The van der Waals surface area contributed by atoms with Gasteiger partial charge in [0.2, 0.25) is 0 Å². The maximum atomic E-state index is 13.1. The van der Waals surface area contributed by atoms with E-state index in [-0.39, 0.29) is 24.8 Å². The normalized spacial score (nSPS) is 22.7. The van der Waals surface area contributed by atoms with Crippen LogP contribution in [0.5, 0.6) is 11.5 Å². The van der Waals surface area contributed by atoms with Crippen LogP contribution in [-0.2, 0) is 11.2 Å². The van der Waals surface area contributed by atoms with Crippen molar-refractivity contribution in [2.75, 3.05) is 32.8 Å². The third-order valence-electron chi connectivity index (χ3n) is 7.01. The number of ether oxygens (including phenoxy) is 2. The molecule has 2 amide bonds. The summed E-state index contributed by atoms with van der Waals surface area (Å²) in [6.07, 6.45) is -0.163. The second kappa shape index (κ2) is 11.1. The molecule has 0 aliphatic carbocycles. The van der Waals surface area contributed by atoms with Gasteiger partial charge in [0.25, 0.3) is 11.8 Å². The van der Waals surface area contributed by atoms with Crippen LogP contribution >= 0.6 is 0 Å². The molecule has 2 aromatic carbocycles. The predicted molar refractivity (Wildman–Crippen MR) is 130 cm³/mol. The highest BCUT2D eigenvalue weighted by Gasteiger charge is 2.39. The molecule has 3 N–H and O–H groups in total. The van der Waals surface area contributed by atoms with Crippen LogP contribution in [0.1, 0.15) is 42.1 Å². The molecule has 1 spiro atoms. The number of para-hydroxylation sites is 1. The summed E-state index contributed by atoms with van der Waals surface area (Å²) >= 11 is 0. The number of carbonyl (C=O) groups is 2. The minimum Gasteiger partial charge on any atom is -0.494 e. The lowest BCUT2D eigenvalue weighted by molar-refractivity contribution is -0.124. The van der Waals surface area contributed by atoms with Crippen LogP contribution in [0.4, 0.5) is 0 Å². The Bertz CT molecular complexity index is 1030. The van der Waals surface area contributed by atoms with E-state index in [2.05, 4.69) is 5.32 Å². The van der Waals surface area contributed by atoms with Gasteiger partial charge in [0, 0.05) is 31.6 Å². The number of rotatable bonds is 3. The lowest BCUT2D eigenvalue weighted by Gasteiger charge is -2.43. The molecule has 2 aromatic rings. The van der Waals surface area contributed by atoms with Gasteiger partial charge in [0.15, 0.2) is 6.61 Å². The number of carbonyl (C=O) groups excluding carboxylic acids is 2. The molecule has 2 aliphatic rings. The van der Waals surface area contributed by atoms with Crippen molar-refractivity contribution in [3.63, 3.8) is 0 Å². The summed E-state index contributed by atoms with van der Waals surface area (Å²) in [5.74, 6) is 0.893. The van der Waals surface area contributed by atoms with Gasteiger partial charge in [0.05, 0.1) is 18.8 Å². The molecule has 2 heterocycles. The Morgan fingerprint density at radius 3 is 2.69 bits per heavy atom. The fraction of sp³-hybridized carbons (Fsp3) is 0.481. The standard InChI is InChI=1S/C27H34N2O6/c1-2-34-21-8-5-7-20(14-21)26(33)29-12-10-27(11-13-29)16-23(31)22(30)15-19-6-3-4-9-24(19)35-17-25(32)28-18-27/h3-9,14,22-23,30-31H,2,10-13,15-18H2,1H3,(H,28,32)/t22-,23+/m0/s1. The zero-order valence-corrected chi connectivity index (χ0v) is 20.1. The number of amides is 2. The fourth-order valence-corrected chi connectivity index (χ4v) is 4.94. The molecule has 1 saturated heterocycles. The second-order valence-electron chi connectivity index (χ2n) is 9.47. The monoisotopic (exact) mass is 482 g/mol. The molecular weight excluding hydrogens is 448 g/mol. The SMILES string of the molecule is CCOc1cccc(C(=O)N2CCC3(CC2)CNC(=O)COc2ccccc2C[C@H](O)[C@H](O)C3)c1. The maximum Gasteiger partial charge on any atom is 0.257 e. The largest absolute Gasteiger partial charge is 0.494 e. The number of piperidine rings is 1. The number of aliphatic hydroxyl groups is 2. The molecule has 2 atom stereocenters. The van der Waals surface area contributed by atoms with Crippen molar-refractivity contribution in [3.05, 3.63) is 59.7 Å². The summed E-state index contributed by atoms with van der Waals surface area (Å²) in [6, 6.07) is 14.4. The lowest BCUT2D eigenvalue weighted by atomic mass is 9.73. The van der Waals surface area contributed by atoms with E-state index in [1.54, 1.807) is 23.1 Å². The van der Waals surface area contributed by atoms with Gasteiger partial charge in [-0.05, 0) is 61.4 Å². The van der Waals surface area contributed by atoms with Crippen molar-refractivity contribution >= 4 is 11.8 Å². The molecule has 1 fully saturated rings. The highest BCUT2D eigenvalue weighted by atomic mass is 16.5. The van der Waals surface area contributed by atoms with Crippen molar-refractivity contribution in [1.29, 1.82) is 0 Å². The average molecular weight is 483 g/mol. The minimum atomic E-state index is -0.968. The first kappa shape index (κ1) is 25.0. The molecule has 8 heteroatoms. The summed E-state index contributed by atoms with van der Waals surface area (Å²) in [5, 5.41) is 24.6. The van der Waals surface area contributed by atoms with Crippen LogP contribution in [0.25, 0.3) is 0 Å². The number of fused-ring (bicyclic) bond motifs is 1. The Kier molecular flexibility index (Phi) is 7.93. The molecule has 0 bridgehead atoms. The van der Waals surface area contributed by atoms with Gasteiger partial charge in [-0.3, -0.25) is 9.59 Å². The number of aliphatic hydroxyl groups excluding tert-OH is 2. The summed E-state index contributed by atoms with van der Waals surface area (Å²) in [5.41, 5.74) is 0.889. The first-order valence-corrected chi connectivity index (χ1v) is 12.2. The van der Waals surface area contributed by atoms with E-state index in [1.807, 2.05) is 37.3 Å². The first-order valence-electron chi connectivity index (χ1n) is 12.2. The van der Waals surface area contributed by atoms with Gasteiger partial charge < -0.3 is 29.9 Å². The Morgan fingerprint density at radius 1 is 1.14 bits per heavy atom. The minimum absolute atomic E-state index is 0.0656. The van der Waals surface area contributed by atoms with Gasteiger partial charge in [-0.15, -0.1) is 0 Å². The Morgan fingerprint density at radius 2 is 1.91 bits per heavy atom. The van der Waals surface area contributed by atoms with Crippen molar-refractivity contribution in [2.45, 2.75) is 44.8 Å². The van der Waals surface area contributed by atoms with Crippen LogP contribution in [0, 0.1) is 5.41 Å². The predicted octanol–water partition coefficient (Wildman–Crippen LogP) is 2.17. The average Bonchev–Trinajstić information content (AvgIpc) is 2.87. The highest BCUT2D eigenvalue weighted by Crippen LogP contribution is 2.37. The van der Waals surface area contributed by atoms with E-state index in [1.165, 1.54) is 0 Å². The summed E-state index contributed by atoms with van der Waals surface area (Å²) in [4.78, 5) is 27.4. The molecule has 0 aromatic heterocycles. The van der Waals surface area contributed by atoms with Crippen LogP contribution in [0.15, 0.2) is 48.5 Å². The lowest BCUT2D eigenvalue weighted by Crippen LogP contribution is -2.51. The summed E-state index contributed by atoms with van der Waals surface area (Å²) < 4.78 is 11.2. The Labute approximate surface area is 205 Å². The Balaban J connectivity index is 1.46. The fourth-order valence-electron chi connectivity index (χ4n) is 4.94. The van der Waals surface area contributed by atoms with Crippen LogP contribution in [-0.4, -0.2) is 72.0 Å². The van der Waals surface area contributed by atoms with E-state index >= 15 is 0 Å². The third kappa shape index (κ3) is 6.13. The van der Waals surface area contributed by atoms with Crippen LogP contribution in [0.2, 0.25) is 0 Å². The van der Waals surface area contributed by atoms with Gasteiger partial charge >= 0.3 is 0 Å². The molecule has 4 rings (SSSR count). The molecular formula is C27H34N2O6. The molecule has 35 heavy (non-hydrogen) atoms. The molecule has 0 unspecified atom stereocenters. The number of nitrogens with one attached hydrogen (secondary N) is 1. The van der Waals surface area contributed by atoms with Crippen molar-refractivity contribution < 1.29 is 29.3 Å². The topological polar surface area (TPSA) is 108 Å². The zero-order chi connectivity index (χ0) is 24.8. The van der Waals surface area contributed by atoms with Crippen molar-refractivity contribution in [1.82, 2.24) is 10.2 Å². The molecule has 0 saturated carbocycles. The van der Waals surface area contributed by atoms with Crippen molar-refractivity contribution in [2.24, 2.45) is 5.41 Å². The molecule has 188 valence electrons. The number of likely N-dealkylation sites (tertiary alicyclic amines) is 1. The molecule has 0 radical (unpaired) electrons. The summed E-state index contributed by atoms with van der Waals surface area (Å²) in [6.45, 7) is 3.65. The van der Waals surface area contributed by atoms with E-state index in [0.717, 1.165) is 5.56 Å². The highest BCUT2D eigenvalue weighted by molar-refractivity contribution is 5.94. The van der Waals surface area contributed by atoms with Crippen LogP contribution < -0.4 is 14.8 Å². The first-order chi connectivity index (χ1) is 16.9. The van der Waals surface area contributed by atoms with Gasteiger partial charge in [0.1, 0.15) is 11.5 Å². The van der Waals surface area contributed by atoms with Crippen LogP contribution in [0.3, 0.4) is 0 Å². The molecule has 2 aliphatic heterocycles. The smallest absolute Gasteiger partial charge is 0.257 e. The zero-order valence-electron chi connectivity index (χ0n) is 20.1. The van der Waals surface area contributed by atoms with Gasteiger partial charge in [-0.1, -0.05) is 24.3 Å². The quantitative estimate of drug-likeness (QED) is 0.619. The number of benzene rings is 2. The Hall–Kier alpha value is -3.10. The summed E-state index contributed by atoms with van der Waals surface area (Å²) in [7, 11) is 0. The number of hydrogen-bond acceptors (Lipinski definition) is 6. The third-order valence-corrected chi connectivity index (χ3v) is 7.01. The number of hydrogen-bond donors (Lipinski definition) is 3.